The van der Waals surface area contributed by atoms with Gasteiger partial charge in [-0.25, -0.2) is 0 Å². The van der Waals surface area contributed by atoms with Crippen molar-refractivity contribution in [3.63, 3.8) is 0 Å². The third kappa shape index (κ3) is 6.17. The Labute approximate surface area is 213 Å². The van der Waals surface area contributed by atoms with E-state index in [2.05, 4.69) is 16.7 Å². The molecule has 0 spiro atoms. The van der Waals surface area contributed by atoms with E-state index in [0.717, 1.165) is 11.8 Å². The zero-order chi connectivity index (χ0) is 26.1. The number of thioether (sulfide) groups is 1. The zero-order valence-corrected chi connectivity index (χ0v) is 21.0. The van der Waals surface area contributed by atoms with Crippen molar-refractivity contribution in [1.29, 1.82) is 5.26 Å². The zero-order valence-electron chi connectivity index (χ0n) is 20.2. The summed E-state index contributed by atoms with van der Waals surface area (Å²) in [6.07, 6.45) is 0. The smallest absolute Gasteiger partial charge is 0.319 e. The van der Waals surface area contributed by atoms with Crippen molar-refractivity contribution < 1.29 is 28.6 Å². The van der Waals surface area contributed by atoms with Gasteiger partial charge in [0.05, 0.1) is 42.7 Å². The SMILES string of the molecule is CCOC(=O)[C@@H]1C(=O)NC(SCC(=O)Nc2cccc(OC)c2)=C(C#N)[C@H]1c1ccccc1OCC. The van der Waals surface area contributed by atoms with Gasteiger partial charge in [-0.1, -0.05) is 36.0 Å². The number of amides is 2. The summed E-state index contributed by atoms with van der Waals surface area (Å²) < 4.78 is 16.1. The van der Waals surface area contributed by atoms with Crippen LogP contribution in [0.2, 0.25) is 0 Å². The van der Waals surface area contributed by atoms with Crippen molar-refractivity contribution in [1.82, 2.24) is 5.32 Å². The van der Waals surface area contributed by atoms with E-state index >= 15 is 0 Å². The van der Waals surface area contributed by atoms with E-state index in [1.807, 2.05) is 6.92 Å². The molecular weight excluding hydrogens is 482 g/mol. The largest absolute Gasteiger partial charge is 0.497 e. The molecule has 0 radical (unpaired) electrons. The summed E-state index contributed by atoms with van der Waals surface area (Å²) in [5.41, 5.74) is 1.22. The number of esters is 1. The maximum absolute atomic E-state index is 13.1. The van der Waals surface area contributed by atoms with Crippen molar-refractivity contribution in [3.05, 3.63) is 64.7 Å². The van der Waals surface area contributed by atoms with Gasteiger partial charge in [0.15, 0.2) is 0 Å². The highest BCUT2D eigenvalue weighted by atomic mass is 32.2. The molecule has 188 valence electrons. The van der Waals surface area contributed by atoms with Gasteiger partial charge in [-0.2, -0.15) is 5.26 Å². The number of hydrogen-bond acceptors (Lipinski definition) is 8. The van der Waals surface area contributed by atoms with E-state index in [1.165, 1.54) is 7.11 Å². The second-order valence-corrected chi connectivity index (χ2v) is 8.58. The van der Waals surface area contributed by atoms with Crippen LogP contribution in [0, 0.1) is 17.2 Å². The molecule has 2 amide bonds. The van der Waals surface area contributed by atoms with Crippen LogP contribution in [0.15, 0.2) is 59.1 Å². The molecule has 2 aromatic carbocycles. The number of ether oxygens (including phenoxy) is 3. The summed E-state index contributed by atoms with van der Waals surface area (Å²) in [5, 5.41) is 15.7. The summed E-state index contributed by atoms with van der Waals surface area (Å²) in [6, 6.07) is 16.0. The molecule has 1 aliphatic heterocycles. The van der Waals surface area contributed by atoms with Gasteiger partial charge in [0, 0.05) is 23.2 Å². The molecule has 0 saturated heterocycles. The summed E-state index contributed by atoms with van der Waals surface area (Å²) in [7, 11) is 1.53. The fourth-order valence-corrected chi connectivity index (χ4v) is 4.67. The highest BCUT2D eigenvalue weighted by Crippen LogP contribution is 2.43. The molecule has 2 atom stereocenters. The molecule has 2 aromatic rings. The summed E-state index contributed by atoms with van der Waals surface area (Å²) in [6.45, 7) is 3.90. The van der Waals surface area contributed by atoms with E-state index in [4.69, 9.17) is 14.2 Å². The number of benzene rings is 2. The molecule has 2 N–H and O–H groups in total. The fourth-order valence-electron chi connectivity index (χ4n) is 3.82. The van der Waals surface area contributed by atoms with E-state index < -0.39 is 23.7 Å². The predicted molar refractivity (Wildman–Crippen MR) is 135 cm³/mol. The minimum Gasteiger partial charge on any atom is -0.497 e. The number of nitrogens with one attached hydrogen (secondary N) is 2. The molecule has 36 heavy (non-hydrogen) atoms. The monoisotopic (exact) mass is 509 g/mol. The van der Waals surface area contributed by atoms with Crippen LogP contribution in [0.25, 0.3) is 0 Å². The Morgan fingerprint density at radius 1 is 1.14 bits per heavy atom. The van der Waals surface area contributed by atoms with Crippen LogP contribution < -0.4 is 20.1 Å². The topological polar surface area (TPSA) is 127 Å². The second kappa shape index (κ2) is 12.7. The van der Waals surface area contributed by atoms with Gasteiger partial charge in [0.1, 0.15) is 17.4 Å². The Hall–Kier alpha value is -3.97. The van der Waals surface area contributed by atoms with E-state index in [-0.39, 0.29) is 28.9 Å². The third-order valence-corrected chi connectivity index (χ3v) is 6.34. The number of nitriles is 1. The minimum absolute atomic E-state index is 0.0814. The van der Waals surface area contributed by atoms with Crippen molar-refractivity contribution in [2.45, 2.75) is 19.8 Å². The Morgan fingerprint density at radius 2 is 1.92 bits per heavy atom. The lowest BCUT2D eigenvalue weighted by atomic mass is 9.78. The van der Waals surface area contributed by atoms with Crippen LogP contribution >= 0.6 is 11.8 Å². The number of carbonyl (C=O) groups is 3. The summed E-state index contributed by atoms with van der Waals surface area (Å²) in [5.74, 6) is -2.94. The first kappa shape index (κ1) is 26.6. The molecular formula is C26H27N3O6S. The van der Waals surface area contributed by atoms with Gasteiger partial charge < -0.3 is 24.8 Å². The maximum atomic E-state index is 13.1. The maximum Gasteiger partial charge on any atom is 0.319 e. The quantitative estimate of drug-likeness (QED) is 0.368. The number of rotatable bonds is 10. The van der Waals surface area contributed by atoms with Crippen LogP contribution in [0.4, 0.5) is 5.69 Å². The second-order valence-electron chi connectivity index (χ2n) is 7.59. The minimum atomic E-state index is -1.28. The normalized spacial score (nSPS) is 17.0. The molecule has 10 heteroatoms. The highest BCUT2D eigenvalue weighted by molar-refractivity contribution is 8.03. The average Bonchev–Trinajstić information content (AvgIpc) is 2.87. The van der Waals surface area contributed by atoms with Gasteiger partial charge in [0.2, 0.25) is 11.8 Å². The number of allylic oxidation sites excluding steroid dienone is 1. The first-order chi connectivity index (χ1) is 17.4. The number of hydrogen-bond donors (Lipinski definition) is 2. The fraction of sp³-hybridized carbons (Fsp3) is 0.308. The first-order valence-electron chi connectivity index (χ1n) is 11.3. The Balaban J connectivity index is 1.93. The molecule has 0 unspecified atom stereocenters. The standard InChI is InChI=1S/C26H27N3O6S/c1-4-34-20-12-7-6-11-18(20)22-19(14-27)25(29-24(31)23(22)26(32)35-5-2)36-15-21(30)28-16-9-8-10-17(13-16)33-3/h6-13,22-23H,4-5,15H2,1-3H3,(H,28,30)(H,29,31)/t22-,23+/m1/s1. The van der Waals surface area contributed by atoms with Gasteiger partial charge in [0.25, 0.3) is 0 Å². The van der Waals surface area contributed by atoms with Gasteiger partial charge >= 0.3 is 5.97 Å². The predicted octanol–water partition coefficient (Wildman–Crippen LogP) is 3.59. The molecule has 0 bridgehead atoms. The van der Waals surface area contributed by atoms with E-state index in [9.17, 15) is 19.6 Å². The van der Waals surface area contributed by atoms with Gasteiger partial charge in [-0.15, -0.1) is 0 Å². The number of para-hydroxylation sites is 1. The molecule has 0 saturated carbocycles. The Morgan fingerprint density at radius 3 is 2.61 bits per heavy atom. The number of methoxy groups -OCH3 is 1. The van der Waals surface area contributed by atoms with E-state index in [1.54, 1.807) is 55.5 Å². The van der Waals surface area contributed by atoms with Gasteiger partial charge in [-0.3, -0.25) is 14.4 Å². The summed E-state index contributed by atoms with van der Waals surface area (Å²) >= 11 is 1.00. The van der Waals surface area contributed by atoms with Crippen molar-refractivity contribution >= 4 is 35.2 Å². The van der Waals surface area contributed by atoms with Gasteiger partial charge in [-0.05, 0) is 32.0 Å². The van der Waals surface area contributed by atoms with Crippen LogP contribution in [-0.4, -0.2) is 43.9 Å². The van der Waals surface area contributed by atoms with Crippen LogP contribution in [0.1, 0.15) is 25.3 Å². The lowest BCUT2D eigenvalue weighted by Crippen LogP contribution is -2.44. The molecule has 9 nitrogen and oxygen atoms in total. The van der Waals surface area contributed by atoms with Crippen LogP contribution in [0.5, 0.6) is 11.5 Å². The lowest BCUT2D eigenvalue weighted by molar-refractivity contribution is -0.152. The average molecular weight is 510 g/mol. The number of carbonyl (C=O) groups excluding carboxylic acids is 3. The molecule has 0 fully saturated rings. The molecule has 0 aromatic heterocycles. The van der Waals surface area contributed by atoms with Crippen LogP contribution in [0.3, 0.4) is 0 Å². The first-order valence-corrected chi connectivity index (χ1v) is 12.3. The Bertz CT molecular complexity index is 1210. The lowest BCUT2D eigenvalue weighted by Gasteiger charge is -2.32. The van der Waals surface area contributed by atoms with E-state index in [0.29, 0.717) is 29.4 Å². The number of nitrogens with zero attached hydrogens (tertiary/aromatic N) is 1. The molecule has 3 rings (SSSR count). The molecule has 1 heterocycles. The third-order valence-electron chi connectivity index (χ3n) is 5.32. The Kier molecular flexibility index (Phi) is 9.36. The van der Waals surface area contributed by atoms with Crippen LogP contribution in [-0.2, 0) is 19.1 Å². The summed E-state index contributed by atoms with van der Waals surface area (Å²) in [4.78, 5) is 38.5. The molecule has 1 aliphatic rings. The highest BCUT2D eigenvalue weighted by Gasteiger charge is 2.45. The van der Waals surface area contributed by atoms with Crippen molar-refractivity contribution in [2.75, 3.05) is 31.4 Å². The molecule has 0 aliphatic carbocycles. The van der Waals surface area contributed by atoms with Crippen molar-refractivity contribution in [3.8, 4) is 17.6 Å². The van der Waals surface area contributed by atoms with Crippen molar-refractivity contribution in [2.24, 2.45) is 5.92 Å². The number of anilines is 1.